The summed E-state index contributed by atoms with van der Waals surface area (Å²) in [4.78, 5) is 2.13. The third-order valence-electron chi connectivity index (χ3n) is 3.89. The van der Waals surface area contributed by atoms with Crippen LogP contribution in [0.1, 0.15) is 19.8 Å². The van der Waals surface area contributed by atoms with E-state index < -0.39 is 9.73 Å². The Labute approximate surface area is 155 Å². The van der Waals surface area contributed by atoms with Crippen molar-refractivity contribution in [1.82, 2.24) is 4.90 Å². The van der Waals surface area contributed by atoms with Crippen LogP contribution in [-0.4, -0.2) is 54.3 Å². The zero-order chi connectivity index (χ0) is 18.6. The van der Waals surface area contributed by atoms with Crippen LogP contribution in [0.15, 0.2) is 32.8 Å². The van der Waals surface area contributed by atoms with Crippen LogP contribution in [0.4, 0.5) is 5.69 Å². The van der Waals surface area contributed by atoms with E-state index in [1.165, 1.54) is 6.26 Å². The lowest BCUT2D eigenvalue weighted by atomic mass is 10.0. The van der Waals surface area contributed by atoms with Gasteiger partial charge < -0.3 is 20.1 Å². The highest BCUT2D eigenvalue weighted by Crippen LogP contribution is 2.40. The van der Waals surface area contributed by atoms with Crippen LogP contribution in [0.2, 0.25) is 5.02 Å². The number of nitrogens with zero attached hydrogens (tertiary/aromatic N) is 2. The van der Waals surface area contributed by atoms with E-state index in [-0.39, 0.29) is 15.7 Å². The molecule has 0 radical (unpaired) electrons. The van der Waals surface area contributed by atoms with Crippen molar-refractivity contribution < 1.29 is 14.1 Å². The third kappa shape index (κ3) is 4.80. The van der Waals surface area contributed by atoms with Crippen molar-refractivity contribution in [3.05, 3.63) is 28.6 Å². The second-order valence-corrected chi connectivity index (χ2v) is 8.87. The van der Waals surface area contributed by atoms with Crippen LogP contribution >= 0.6 is 11.6 Å². The molecule has 0 saturated carbocycles. The monoisotopic (exact) mass is 387 g/mol. The summed E-state index contributed by atoms with van der Waals surface area (Å²) in [5.74, 6) is 0.773. The number of phenolic OH excluding ortho intramolecular Hbond substituents is 1. The van der Waals surface area contributed by atoms with Crippen molar-refractivity contribution >= 4 is 27.0 Å². The van der Waals surface area contributed by atoms with Crippen LogP contribution in [0.5, 0.6) is 5.75 Å². The van der Waals surface area contributed by atoms with Gasteiger partial charge in [0, 0.05) is 19.2 Å². The van der Waals surface area contributed by atoms with Gasteiger partial charge in [0.05, 0.1) is 39.3 Å². The van der Waals surface area contributed by atoms with Gasteiger partial charge in [0.15, 0.2) is 5.75 Å². The number of nitrogens with one attached hydrogen (secondary N) is 1. The minimum atomic E-state index is -2.81. The largest absolute Gasteiger partial charge is 0.504 e. The lowest BCUT2D eigenvalue weighted by Gasteiger charge is -2.25. The van der Waals surface area contributed by atoms with Gasteiger partial charge in [-0.15, -0.1) is 0 Å². The predicted molar refractivity (Wildman–Crippen MR) is 103 cm³/mol. The number of ether oxygens (including phenoxy) is 1. The van der Waals surface area contributed by atoms with E-state index in [2.05, 4.69) is 9.68 Å². The van der Waals surface area contributed by atoms with Crippen LogP contribution in [0.3, 0.4) is 0 Å². The fourth-order valence-corrected chi connectivity index (χ4v) is 4.51. The molecule has 1 aliphatic carbocycles. The fourth-order valence-electron chi connectivity index (χ4n) is 2.47. The molecular weight excluding hydrogens is 362 g/mol. The van der Waals surface area contributed by atoms with Gasteiger partial charge in [-0.1, -0.05) is 11.6 Å². The summed E-state index contributed by atoms with van der Waals surface area (Å²) in [5, 5.41) is 14.1. The predicted octanol–water partition coefficient (Wildman–Crippen LogP) is 3.52. The lowest BCUT2D eigenvalue weighted by molar-refractivity contribution is 0.199. The average Bonchev–Trinajstić information content (AvgIpc) is 2.50. The second kappa shape index (κ2) is 8.29. The van der Waals surface area contributed by atoms with Gasteiger partial charge in [0.25, 0.3) is 0 Å². The van der Waals surface area contributed by atoms with Gasteiger partial charge in [-0.05, 0) is 39.6 Å². The summed E-state index contributed by atoms with van der Waals surface area (Å²) in [6, 6.07) is 3.30. The average molecular weight is 388 g/mol. The summed E-state index contributed by atoms with van der Waals surface area (Å²) < 4.78 is 22.8. The summed E-state index contributed by atoms with van der Waals surface area (Å²) in [6.07, 6.45) is 3.23. The minimum Gasteiger partial charge on any atom is -0.504 e. The van der Waals surface area contributed by atoms with Gasteiger partial charge in [0.1, 0.15) is 10.7 Å². The molecule has 0 aliphatic heterocycles. The first-order valence-corrected chi connectivity index (χ1v) is 10.5. The number of likely N-dealkylation sites (N-methyl/N-ethyl adjacent to an activating group) is 1. The molecule has 0 bridgehead atoms. The second-order valence-electron chi connectivity index (χ2n) is 6.19. The van der Waals surface area contributed by atoms with Crippen molar-refractivity contribution in [3.63, 3.8) is 0 Å². The molecule has 6 nitrogen and oxygen atoms in total. The highest BCUT2D eigenvalue weighted by molar-refractivity contribution is 7.93. The molecule has 0 saturated heterocycles. The van der Waals surface area contributed by atoms with Crippen LogP contribution in [-0.2, 0) is 14.5 Å². The van der Waals surface area contributed by atoms with Crippen molar-refractivity contribution in [2.75, 3.05) is 45.4 Å². The number of allylic oxidation sites excluding steroid dienone is 2. The number of anilines is 1. The molecule has 1 aromatic carbocycles. The maximum Gasteiger partial charge on any atom is 0.157 e. The number of benzene rings is 1. The van der Waals surface area contributed by atoms with Gasteiger partial charge in [-0.25, -0.2) is 8.57 Å². The Kier molecular flexibility index (Phi) is 6.59. The Morgan fingerprint density at radius 3 is 2.68 bits per heavy atom. The maximum absolute atomic E-state index is 13.0. The van der Waals surface area contributed by atoms with Crippen molar-refractivity contribution in [2.24, 2.45) is 4.36 Å². The number of halogens is 1. The molecule has 0 heterocycles. The summed E-state index contributed by atoms with van der Waals surface area (Å²) in [7, 11) is 1.03. The molecule has 1 atom stereocenters. The number of rotatable bonds is 8. The molecule has 0 amide bonds. The lowest BCUT2D eigenvalue weighted by Crippen LogP contribution is -2.16. The first kappa shape index (κ1) is 19.9. The number of phenols is 1. The Bertz CT molecular complexity index is 784. The van der Waals surface area contributed by atoms with E-state index in [1.54, 1.807) is 12.1 Å². The molecule has 25 heavy (non-hydrogen) atoms. The molecule has 2 N–H and O–H groups in total. The van der Waals surface area contributed by atoms with E-state index in [9.17, 15) is 9.32 Å². The topological polar surface area (TPSA) is 74.2 Å². The Hall–Kier alpha value is -1.44. The fraction of sp³-hybridized carbons (Fsp3) is 0.529. The summed E-state index contributed by atoms with van der Waals surface area (Å²) in [6.45, 7) is 3.61. The summed E-state index contributed by atoms with van der Waals surface area (Å²) >= 11 is 6.22. The minimum absolute atomic E-state index is 0.121. The van der Waals surface area contributed by atoms with Crippen LogP contribution in [0.25, 0.3) is 0 Å². The number of aromatic hydroxyl groups is 1. The maximum atomic E-state index is 13.0. The van der Waals surface area contributed by atoms with Gasteiger partial charge in [-0.3, -0.25) is 0 Å². The third-order valence-corrected chi connectivity index (χ3v) is 6.16. The van der Waals surface area contributed by atoms with Gasteiger partial charge in [-0.2, -0.15) is 0 Å². The molecule has 0 aromatic heterocycles. The van der Waals surface area contributed by atoms with E-state index >= 15 is 0 Å². The van der Waals surface area contributed by atoms with Gasteiger partial charge in [0.2, 0.25) is 0 Å². The highest BCUT2D eigenvalue weighted by Gasteiger charge is 2.23. The molecule has 0 fully saturated rings. The smallest absolute Gasteiger partial charge is 0.157 e. The molecular formula is C17H26ClN3O3S. The molecule has 140 valence electrons. The van der Waals surface area contributed by atoms with Crippen molar-refractivity contribution in [1.29, 1.82) is 0 Å². The Morgan fingerprint density at radius 2 is 2.12 bits per heavy atom. The number of hydrogen-bond acceptors (Lipinski definition) is 6. The van der Waals surface area contributed by atoms with Gasteiger partial charge >= 0.3 is 0 Å². The first-order chi connectivity index (χ1) is 11.8. The summed E-state index contributed by atoms with van der Waals surface area (Å²) in [5.41, 5.74) is 1.39. The molecule has 0 spiro atoms. The number of hydrogen-bond donors (Lipinski definition) is 2. The van der Waals surface area contributed by atoms with E-state index in [1.807, 2.05) is 25.9 Å². The SMILES string of the molecule is CCOC1=C(Nc2ccc(Cl)c(S(C)(=O)=NCCN(C)C)c2O)CC1. The highest BCUT2D eigenvalue weighted by atomic mass is 35.5. The van der Waals surface area contributed by atoms with E-state index in [0.717, 1.165) is 24.3 Å². The quantitative estimate of drug-likeness (QED) is 0.667. The zero-order valence-electron chi connectivity index (χ0n) is 15.1. The standard InChI is InChI=1S/C17H26ClN3O3S/c1-5-24-15-9-8-13(15)20-14-7-6-12(18)17(16(14)22)25(4,23)19-10-11-21(2)3/h6-7,20,22H,5,8-11H2,1-4H3. The van der Waals surface area contributed by atoms with E-state index in [4.69, 9.17) is 16.3 Å². The molecule has 2 rings (SSSR count). The zero-order valence-corrected chi connectivity index (χ0v) is 16.7. The van der Waals surface area contributed by atoms with Crippen molar-refractivity contribution in [2.45, 2.75) is 24.7 Å². The Morgan fingerprint density at radius 1 is 1.40 bits per heavy atom. The van der Waals surface area contributed by atoms with Crippen LogP contribution < -0.4 is 5.32 Å². The van der Waals surface area contributed by atoms with Crippen molar-refractivity contribution in [3.8, 4) is 5.75 Å². The first-order valence-electron chi connectivity index (χ1n) is 8.22. The molecule has 1 aromatic rings. The normalized spacial score (nSPS) is 16.4. The van der Waals surface area contributed by atoms with Crippen LogP contribution in [0, 0.1) is 0 Å². The molecule has 1 aliphatic rings. The van der Waals surface area contributed by atoms with E-state index in [0.29, 0.717) is 25.4 Å². The molecule has 8 heteroatoms. The Balaban J connectivity index is 2.34. The molecule has 1 unspecified atom stereocenters.